The summed E-state index contributed by atoms with van der Waals surface area (Å²) in [5.74, 6) is 1.11. The van der Waals surface area contributed by atoms with E-state index < -0.39 is 0 Å². The van der Waals surface area contributed by atoms with Crippen molar-refractivity contribution < 1.29 is 9.53 Å². The van der Waals surface area contributed by atoms with Crippen LogP contribution in [-0.4, -0.2) is 23.8 Å². The summed E-state index contributed by atoms with van der Waals surface area (Å²) < 4.78 is 5.10. The molecule has 21 heavy (non-hydrogen) atoms. The first kappa shape index (κ1) is 13.1. The number of rotatable bonds is 3. The molecule has 1 aromatic carbocycles. The summed E-state index contributed by atoms with van der Waals surface area (Å²) in [5, 5.41) is 2.75. The van der Waals surface area contributed by atoms with Crippen molar-refractivity contribution in [2.45, 2.75) is 0 Å². The Morgan fingerprint density at radius 3 is 2.48 bits per heavy atom. The van der Waals surface area contributed by atoms with Gasteiger partial charge in [-0.2, -0.15) is 0 Å². The Morgan fingerprint density at radius 1 is 1.10 bits per heavy atom. The third-order valence-electron chi connectivity index (χ3n) is 3.07. The molecule has 1 aliphatic rings. The third kappa shape index (κ3) is 2.81. The number of nitrogens with zero attached hydrogens (tertiary/aromatic N) is 2. The molecule has 3 rings (SSSR count). The molecule has 0 saturated heterocycles. The lowest BCUT2D eigenvalue weighted by Crippen LogP contribution is -2.24. The number of benzene rings is 1. The van der Waals surface area contributed by atoms with Gasteiger partial charge in [-0.3, -0.25) is 9.78 Å². The van der Waals surface area contributed by atoms with Gasteiger partial charge in [-0.1, -0.05) is 12.1 Å². The summed E-state index contributed by atoms with van der Waals surface area (Å²) in [6.45, 7) is 0. The van der Waals surface area contributed by atoms with E-state index in [2.05, 4.69) is 15.3 Å². The highest BCUT2D eigenvalue weighted by atomic mass is 16.5. The molecule has 5 heteroatoms. The molecule has 0 spiro atoms. The zero-order chi connectivity index (χ0) is 14.7. The molecule has 0 unspecified atom stereocenters. The summed E-state index contributed by atoms with van der Waals surface area (Å²) in [6, 6.07) is 11.0. The zero-order valence-electron chi connectivity index (χ0n) is 11.4. The summed E-state index contributed by atoms with van der Waals surface area (Å²) in [4.78, 5) is 20.2. The minimum absolute atomic E-state index is 0.211. The predicted octanol–water partition coefficient (Wildman–Crippen LogP) is 2.01. The monoisotopic (exact) mass is 279 g/mol. The van der Waals surface area contributed by atoms with Gasteiger partial charge in [0.25, 0.3) is 5.91 Å². The number of aromatic nitrogens is 1. The molecule has 0 fully saturated rings. The van der Waals surface area contributed by atoms with Crippen molar-refractivity contribution in [1.82, 2.24) is 10.3 Å². The number of pyridine rings is 1. The van der Waals surface area contributed by atoms with Crippen molar-refractivity contribution in [3.05, 3.63) is 65.6 Å². The maximum atomic E-state index is 12.0. The van der Waals surface area contributed by atoms with E-state index in [1.807, 2.05) is 24.3 Å². The minimum atomic E-state index is -0.211. The highest BCUT2D eigenvalue weighted by molar-refractivity contribution is 6.19. The van der Waals surface area contributed by atoms with Crippen LogP contribution in [0.3, 0.4) is 0 Å². The molecule has 5 nitrogen and oxygen atoms in total. The van der Waals surface area contributed by atoms with Gasteiger partial charge in [0.05, 0.1) is 7.11 Å². The minimum Gasteiger partial charge on any atom is -0.497 e. The third-order valence-corrected chi connectivity index (χ3v) is 3.07. The number of methoxy groups -OCH3 is 1. The molecular formula is C16H13N3O2. The number of carbonyl (C=O) groups excluding carboxylic acids is 1. The number of aliphatic imine (C=N–C) groups is 1. The van der Waals surface area contributed by atoms with Crippen LogP contribution in [0.25, 0.3) is 6.08 Å². The fourth-order valence-corrected chi connectivity index (χ4v) is 1.97. The van der Waals surface area contributed by atoms with Crippen LogP contribution >= 0.6 is 0 Å². The highest BCUT2D eigenvalue weighted by Crippen LogP contribution is 2.17. The topological polar surface area (TPSA) is 63.6 Å². The van der Waals surface area contributed by atoms with Crippen LogP contribution in [0.4, 0.5) is 0 Å². The Bertz CT molecular complexity index is 719. The van der Waals surface area contributed by atoms with Crippen molar-refractivity contribution in [2.75, 3.05) is 7.11 Å². The number of nitrogens with one attached hydrogen (secondary N) is 1. The van der Waals surface area contributed by atoms with Gasteiger partial charge < -0.3 is 10.1 Å². The molecule has 1 aliphatic heterocycles. The van der Waals surface area contributed by atoms with Crippen LogP contribution in [0.1, 0.15) is 11.1 Å². The Hall–Kier alpha value is -2.95. The van der Waals surface area contributed by atoms with Crippen molar-refractivity contribution in [2.24, 2.45) is 4.99 Å². The standard InChI is InChI=1S/C16H13N3O2/c1-21-13-4-2-11(3-5-13)10-14-16(20)19-15(18-14)12-6-8-17-9-7-12/h2-10H,1H3,(H,18,19,20)/b14-10+. The van der Waals surface area contributed by atoms with Crippen molar-refractivity contribution >= 4 is 17.8 Å². The van der Waals surface area contributed by atoms with Gasteiger partial charge >= 0.3 is 0 Å². The molecule has 2 heterocycles. The number of amides is 1. The second kappa shape index (κ2) is 5.58. The largest absolute Gasteiger partial charge is 0.497 e. The fraction of sp³-hybridized carbons (Fsp3) is 0.0625. The van der Waals surface area contributed by atoms with Crippen molar-refractivity contribution in [3.63, 3.8) is 0 Å². The molecule has 0 aliphatic carbocycles. The second-order valence-corrected chi connectivity index (χ2v) is 4.45. The smallest absolute Gasteiger partial charge is 0.275 e. The van der Waals surface area contributed by atoms with Gasteiger partial charge in [0.1, 0.15) is 17.3 Å². The molecule has 1 N–H and O–H groups in total. The van der Waals surface area contributed by atoms with E-state index in [1.54, 1.807) is 37.7 Å². The van der Waals surface area contributed by atoms with Gasteiger partial charge in [-0.25, -0.2) is 4.99 Å². The molecule has 1 amide bonds. The fourth-order valence-electron chi connectivity index (χ4n) is 1.97. The molecular weight excluding hydrogens is 266 g/mol. The first-order valence-electron chi connectivity index (χ1n) is 6.42. The maximum absolute atomic E-state index is 12.0. The summed E-state index contributed by atoms with van der Waals surface area (Å²) >= 11 is 0. The lowest BCUT2D eigenvalue weighted by Gasteiger charge is -1.99. The predicted molar refractivity (Wildman–Crippen MR) is 79.9 cm³/mol. The van der Waals surface area contributed by atoms with Crippen LogP contribution in [0.15, 0.2) is 59.5 Å². The second-order valence-electron chi connectivity index (χ2n) is 4.45. The molecule has 2 aromatic rings. The van der Waals surface area contributed by atoms with Crippen LogP contribution in [0, 0.1) is 0 Å². The van der Waals surface area contributed by atoms with Crippen LogP contribution < -0.4 is 10.1 Å². The van der Waals surface area contributed by atoms with E-state index in [0.717, 1.165) is 16.9 Å². The number of hydrogen-bond donors (Lipinski definition) is 1. The number of hydrogen-bond acceptors (Lipinski definition) is 4. The van der Waals surface area contributed by atoms with Gasteiger partial charge in [0.2, 0.25) is 0 Å². The van der Waals surface area contributed by atoms with E-state index in [9.17, 15) is 4.79 Å². The Labute approximate surface area is 122 Å². The SMILES string of the molecule is COc1ccc(/C=C2/N=C(c3ccncc3)NC2=O)cc1. The van der Waals surface area contributed by atoms with E-state index in [1.165, 1.54) is 0 Å². The normalized spacial score (nSPS) is 15.8. The van der Waals surface area contributed by atoms with Crippen LogP contribution in [0.2, 0.25) is 0 Å². The summed E-state index contributed by atoms with van der Waals surface area (Å²) in [7, 11) is 1.61. The average Bonchev–Trinajstić information content (AvgIpc) is 2.90. The van der Waals surface area contributed by atoms with E-state index in [-0.39, 0.29) is 5.91 Å². The highest BCUT2D eigenvalue weighted by Gasteiger charge is 2.20. The lowest BCUT2D eigenvalue weighted by atomic mass is 10.2. The van der Waals surface area contributed by atoms with Crippen molar-refractivity contribution in [1.29, 1.82) is 0 Å². The number of ether oxygens (including phenoxy) is 1. The molecule has 0 atom stereocenters. The van der Waals surface area contributed by atoms with Gasteiger partial charge in [0.15, 0.2) is 0 Å². The van der Waals surface area contributed by atoms with E-state index in [4.69, 9.17) is 4.74 Å². The van der Waals surface area contributed by atoms with E-state index in [0.29, 0.717) is 11.5 Å². The molecule has 0 saturated carbocycles. The Kier molecular flexibility index (Phi) is 3.47. The summed E-state index contributed by atoms with van der Waals surface area (Å²) in [6.07, 6.45) is 5.06. The first-order chi connectivity index (χ1) is 10.3. The van der Waals surface area contributed by atoms with Gasteiger partial charge in [0, 0.05) is 18.0 Å². The Balaban J connectivity index is 1.89. The van der Waals surface area contributed by atoms with E-state index >= 15 is 0 Å². The average molecular weight is 279 g/mol. The summed E-state index contributed by atoms with van der Waals surface area (Å²) in [5.41, 5.74) is 2.10. The van der Waals surface area contributed by atoms with Crippen LogP contribution in [-0.2, 0) is 4.79 Å². The molecule has 1 aromatic heterocycles. The quantitative estimate of drug-likeness (QED) is 0.874. The van der Waals surface area contributed by atoms with Gasteiger partial charge in [-0.15, -0.1) is 0 Å². The lowest BCUT2D eigenvalue weighted by molar-refractivity contribution is -0.115. The molecule has 104 valence electrons. The molecule has 0 bridgehead atoms. The van der Waals surface area contributed by atoms with Crippen LogP contribution in [0.5, 0.6) is 5.75 Å². The first-order valence-corrected chi connectivity index (χ1v) is 6.42. The number of amidine groups is 1. The zero-order valence-corrected chi connectivity index (χ0v) is 11.4. The maximum Gasteiger partial charge on any atom is 0.275 e. The molecule has 0 radical (unpaired) electrons. The van der Waals surface area contributed by atoms with Crippen molar-refractivity contribution in [3.8, 4) is 5.75 Å². The number of carbonyl (C=O) groups is 1. The van der Waals surface area contributed by atoms with Gasteiger partial charge in [-0.05, 0) is 35.9 Å². The Morgan fingerprint density at radius 2 is 1.81 bits per heavy atom.